The summed E-state index contributed by atoms with van der Waals surface area (Å²) in [6, 6.07) is 0. The van der Waals surface area contributed by atoms with Gasteiger partial charge < -0.3 is 24.4 Å². The number of carbonyl (C=O) groups is 2. The van der Waals surface area contributed by atoms with Gasteiger partial charge in [0.1, 0.15) is 6.10 Å². The molecule has 4 N–H and O–H groups in total. The third-order valence-electron chi connectivity index (χ3n) is 5.37. The monoisotopic (exact) mass is 527 g/mol. The van der Waals surface area contributed by atoms with Crippen LogP contribution in [0.5, 0.6) is 0 Å². The molecule has 3 unspecified atom stereocenters. The molecule has 0 aromatic rings. The molecule has 13 heteroatoms. The Labute approximate surface area is 203 Å². The van der Waals surface area contributed by atoms with Gasteiger partial charge in [0.05, 0.1) is 12.7 Å². The summed E-state index contributed by atoms with van der Waals surface area (Å²) in [6.07, 6.45) is 7.27. The highest BCUT2D eigenvalue weighted by Gasteiger charge is 2.35. The average molecular weight is 528 g/mol. The fourth-order valence-electron chi connectivity index (χ4n) is 3.55. The summed E-state index contributed by atoms with van der Waals surface area (Å²) in [7, 11) is -4.28. The van der Waals surface area contributed by atoms with Crippen LogP contribution in [-0.2, 0) is 34.9 Å². The molecule has 0 bridgehead atoms. The van der Waals surface area contributed by atoms with Crippen LogP contribution in [0.25, 0.3) is 0 Å². The minimum atomic E-state index is -4.28. The zero-order valence-electron chi connectivity index (χ0n) is 19.7. The standard InChI is InChI=1S/C21H38NO10PS/c1-2-3-4-5-6-7-8-9-10-12-19(23)31-18(17-15-20(24)32-21(17)25)16-22(34(29)30)13-11-14-33(26,27)28/h15,18,21,25H,2-14,16H2,1H3,(H,29,30)(H2,26,27,28). The summed E-state index contributed by atoms with van der Waals surface area (Å²) in [6.45, 7) is 1.62. The van der Waals surface area contributed by atoms with E-state index in [9.17, 15) is 28.0 Å². The second-order valence-corrected chi connectivity index (χ2v) is 11.1. The van der Waals surface area contributed by atoms with Crippen molar-refractivity contribution < 1.29 is 47.3 Å². The van der Waals surface area contributed by atoms with E-state index in [0.717, 1.165) is 29.6 Å². The molecule has 0 aliphatic carbocycles. The van der Waals surface area contributed by atoms with E-state index in [1.165, 1.54) is 32.1 Å². The van der Waals surface area contributed by atoms with Crippen molar-refractivity contribution in [2.24, 2.45) is 0 Å². The van der Waals surface area contributed by atoms with E-state index >= 15 is 0 Å². The molecule has 0 fully saturated rings. The molecule has 11 nitrogen and oxygen atoms in total. The Balaban J connectivity index is 2.59. The van der Waals surface area contributed by atoms with E-state index in [2.05, 4.69) is 11.7 Å². The van der Waals surface area contributed by atoms with Crippen LogP contribution in [0.1, 0.15) is 77.6 Å². The van der Waals surface area contributed by atoms with Gasteiger partial charge in [-0.1, -0.05) is 58.3 Å². The zero-order chi connectivity index (χ0) is 25.6. The number of hydrogen-bond acceptors (Lipinski definition) is 7. The molecule has 0 aromatic carbocycles. The van der Waals surface area contributed by atoms with Gasteiger partial charge in [-0.25, -0.2) is 9.00 Å². The lowest BCUT2D eigenvalue weighted by molar-refractivity contribution is -0.154. The highest BCUT2D eigenvalue weighted by atomic mass is 32.2. The maximum absolute atomic E-state index is 12.4. The fourth-order valence-corrected chi connectivity index (χ4v) is 4.65. The first-order valence-electron chi connectivity index (χ1n) is 11.7. The molecule has 198 valence electrons. The molecule has 0 saturated heterocycles. The van der Waals surface area contributed by atoms with Gasteiger partial charge in [0, 0.05) is 24.6 Å². The van der Waals surface area contributed by atoms with Crippen LogP contribution in [0.3, 0.4) is 0 Å². The van der Waals surface area contributed by atoms with Crippen molar-refractivity contribution in [3.05, 3.63) is 11.6 Å². The van der Waals surface area contributed by atoms with Crippen molar-refractivity contribution in [3.8, 4) is 0 Å². The van der Waals surface area contributed by atoms with E-state index in [1.807, 2.05) is 0 Å². The maximum atomic E-state index is 12.4. The number of cyclic esters (lactones) is 1. The topological polar surface area (TPSA) is 171 Å². The zero-order valence-corrected chi connectivity index (χ0v) is 21.4. The summed E-state index contributed by atoms with van der Waals surface area (Å²) in [4.78, 5) is 41.8. The largest absolute Gasteiger partial charge is 0.456 e. The Morgan fingerprint density at radius 2 is 1.74 bits per heavy atom. The number of aliphatic hydroxyl groups excluding tert-OH is 1. The maximum Gasteiger partial charge on any atom is 0.333 e. The molecular formula is C21H38NO10PS. The minimum absolute atomic E-state index is 0.0594. The van der Waals surface area contributed by atoms with Gasteiger partial charge in [-0.15, -0.1) is 0 Å². The number of carbonyl (C=O) groups excluding carboxylic acids is 2. The summed E-state index contributed by atoms with van der Waals surface area (Å²) in [5.74, 6) is -1.42. The van der Waals surface area contributed by atoms with Gasteiger partial charge >= 0.3 is 19.5 Å². The van der Waals surface area contributed by atoms with Crippen molar-refractivity contribution in [3.63, 3.8) is 0 Å². The number of hydrogen-bond donors (Lipinski definition) is 4. The predicted octanol–water partition coefficient (Wildman–Crippen LogP) is 2.63. The molecular weight excluding hydrogens is 489 g/mol. The number of rotatable bonds is 19. The molecule has 0 spiro atoms. The van der Waals surface area contributed by atoms with Crippen molar-refractivity contribution in [1.82, 2.24) is 4.31 Å². The number of nitrogens with zero attached hydrogens (tertiary/aromatic N) is 1. The lowest BCUT2D eigenvalue weighted by Gasteiger charge is -2.26. The quantitative estimate of drug-likeness (QED) is 0.0847. The van der Waals surface area contributed by atoms with Crippen LogP contribution in [0.2, 0.25) is 0 Å². The van der Waals surface area contributed by atoms with E-state index in [1.54, 1.807) is 0 Å². The Hall–Kier alpha value is -1.14. The third-order valence-corrected chi connectivity index (χ3v) is 7.05. The van der Waals surface area contributed by atoms with Crippen LogP contribution < -0.4 is 0 Å². The van der Waals surface area contributed by atoms with Crippen molar-refractivity contribution >= 4 is 30.8 Å². The number of aliphatic hydroxyl groups is 1. The summed E-state index contributed by atoms with van der Waals surface area (Å²) < 4.78 is 43.3. The normalized spacial score (nSPS) is 18.0. The molecule has 3 atom stereocenters. The predicted molar refractivity (Wildman–Crippen MR) is 126 cm³/mol. The average Bonchev–Trinajstić information content (AvgIpc) is 3.08. The van der Waals surface area contributed by atoms with Gasteiger partial charge in [-0.2, -0.15) is 4.31 Å². The van der Waals surface area contributed by atoms with Crippen molar-refractivity contribution in [2.75, 3.05) is 19.3 Å². The number of esters is 2. The first-order chi connectivity index (χ1) is 16.0. The second kappa shape index (κ2) is 16.5. The van der Waals surface area contributed by atoms with E-state index in [4.69, 9.17) is 14.5 Å². The van der Waals surface area contributed by atoms with Crippen LogP contribution in [-0.4, -0.2) is 71.5 Å². The third kappa shape index (κ3) is 13.7. The van der Waals surface area contributed by atoms with Crippen molar-refractivity contribution in [2.45, 2.75) is 89.9 Å². The summed E-state index contributed by atoms with van der Waals surface area (Å²) in [5, 5.41) is 9.96. The molecule has 1 rings (SSSR count). The van der Waals surface area contributed by atoms with Crippen molar-refractivity contribution in [1.29, 1.82) is 0 Å². The minimum Gasteiger partial charge on any atom is -0.456 e. The van der Waals surface area contributed by atoms with Gasteiger partial charge in [0.2, 0.25) is 17.6 Å². The Morgan fingerprint density at radius 1 is 1.15 bits per heavy atom. The summed E-state index contributed by atoms with van der Waals surface area (Å²) in [5.41, 5.74) is -0.0594. The number of unbranched alkanes of at least 4 members (excludes halogenated alkanes) is 8. The van der Waals surface area contributed by atoms with Gasteiger partial charge in [-0.05, 0) is 12.8 Å². The highest BCUT2D eigenvalue weighted by molar-refractivity contribution is 7.76. The Morgan fingerprint density at radius 3 is 2.24 bits per heavy atom. The van der Waals surface area contributed by atoms with Gasteiger partial charge in [0.25, 0.3) is 0 Å². The Kier molecular flexibility index (Phi) is 15.0. The van der Waals surface area contributed by atoms with Gasteiger partial charge in [-0.3, -0.25) is 13.9 Å². The van der Waals surface area contributed by atoms with Gasteiger partial charge in [0.15, 0.2) is 0 Å². The fraction of sp³-hybridized carbons (Fsp3) is 0.810. The molecule has 0 amide bonds. The first-order valence-corrected chi connectivity index (χ1v) is 14.6. The second-order valence-electron chi connectivity index (χ2n) is 8.35. The van der Waals surface area contributed by atoms with Crippen LogP contribution in [0, 0.1) is 0 Å². The van der Waals surface area contributed by atoms with Crippen LogP contribution in [0.4, 0.5) is 0 Å². The lowest BCUT2D eigenvalue weighted by Crippen LogP contribution is -2.40. The van der Waals surface area contributed by atoms with E-state index in [0.29, 0.717) is 6.42 Å². The lowest BCUT2D eigenvalue weighted by atomic mass is 10.1. The molecule has 0 radical (unpaired) electrons. The number of ether oxygens (including phenoxy) is 2. The molecule has 0 saturated carbocycles. The SMILES string of the molecule is CCCCCCCCCCCC(=O)OC(CN(CCCP(=O)(O)O)S(=O)O)C1=CC(=O)OC1O. The smallest absolute Gasteiger partial charge is 0.333 e. The highest BCUT2D eigenvalue weighted by Crippen LogP contribution is 2.35. The van der Waals surface area contributed by atoms with Crippen LogP contribution >= 0.6 is 7.60 Å². The molecule has 1 aliphatic heterocycles. The molecule has 1 heterocycles. The van der Waals surface area contributed by atoms with Crippen LogP contribution in [0.15, 0.2) is 11.6 Å². The van der Waals surface area contributed by atoms with E-state index < -0.39 is 49.4 Å². The first kappa shape index (κ1) is 30.9. The summed E-state index contributed by atoms with van der Waals surface area (Å²) >= 11 is -2.55. The van der Waals surface area contributed by atoms with E-state index in [-0.39, 0.29) is 31.5 Å². The molecule has 1 aliphatic rings. The molecule has 34 heavy (non-hydrogen) atoms. The molecule has 0 aromatic heterocycles. The Bertz CT molecular complexity index is 741.